The van der Waals surface area contributed by atoms with Gasteiger partial charge in [0.1, 0.15) is 0 Å². The van der Waals surface area contributed by atoms with Gasteiger partial charge < -0.3 is 0 Å². The molecule has 74 valence electrons. The minimum absolute atomic E-state index is 0.441. The van der Waals surface area contributed by atoms with Crippen LogP contribution in [0.3, 0.4) is 0 Å². The molecule has 0 aromatic carbocycles. The lowest BCUT2D eigenvalue weighted by molar-refractivity contribution is 0.297. The highest BCUT2D eigenvalue weighted by Crippen LogP contribution is 2.32. The molecule has 0 aromatic rings. The van der Waals surface area contributed by atoms with Crippen LogP contribution in [0.15, 0.2) is 0 Å². The van der Waals surface area contributed by atoms with Crippen molar-refractivity contribution in [2.75, 3.05) is 10.7 Å². The molecule has 0 spiro atoms. The van der Waals surface area contributed by atoms with Crippen LogP contribution in [0.25, 0.3) is 0 Å². The molecule has 2 heteroatoms. The predicted octanol–water partition coefficient (Wildman–Crippen LogP) is 4.61. The minimum Gasteiger partial charge on any atom is -0.0922 e. The maximum absolute atomic E-state index is 3.59. The van der Waals surface area contributed by atoms with Crippen LogP contribution in [0.1, 0.15) is 40.0 Å². The Kier molecular flexibility index (Phi) is 6.93. The molecule has 0 unspecified atom stereocenters. The van der Waals surface area contributed by atoms with Gasteiger partial charge in [0, 0.05) is 10.7 Å². The maximum Gasteiger partial charge on any atom is 0.00934 e. The van der Waals surface area contributed by atoms with Crippen LogP contribution in [-0.4, -0.2) is 10.7 Å². The van der Waals surface area contributed by atoms with Gasteiger partial charge in [0.05, 0.1) is 0 Å². The molecule has 0 nitrogen and oxygen atoms in total. The fourth-order valence-electron chi connectivity index (χ4n) is 1.42. The second-order valence-corrected chi connectivity index (χ2v) is 5.09. The molecule has 0 atom stereocenters. The Labute approximate surface area is 93.8 Å². The largest absolute Gasteiger partial charge is 0.0922 e. The third kappa shape index (κ3) is 4.27. The van der Waals surface area contributed by atoms with E-state index in [1.54, 1.807) is 0 Å². The fraction of sp³-hybridized carbons (Fsp3) is 1.00. The van der Waals surface area contributed by atoms with Gasteiger partial charge in [-0.05, 0) is 17.8 Å². The summed E-state index contributed by atoms with van der Waals surface area (Å²) in [4.78, 5) is 0. The zero-order valence-electron chi connectivity index (χ0n) is 8.37. The van der Waals surface area contributed by atoms with E-state index in [1.165, 1.54) is 19.3 Å². The predicted molar refractivity (Wildman–Crippen MR) is 64.4 cm³/mol. The van der Waals surface area contributed by atoms with Crippen molar-refractivity contribution in [3.63, 3.8) is 0 Å². The highest BCUT2D eigenvalue weighted by atomic mass is 79.9. The first-order valence-corrected chi connectivity index (χ1v) is 6.98. The van der Waals surface area contributed by atoms with Gasteiger partial charge in [-0.3, -0.25) is 0 Å². The number of hydrogen-bond donors (Lipinski definition) is 0. The third-order valence-electron chi connectivity index (χ3n) is 2.58. The van der Waals surface area contributed by atoms with Crippen molar-refractivity contribution < 1.29 is 0 Å². The molecule has 0 amide bonds. The molecular formula is C10H20Br2. The molecule has 0 aliphatic rings. The van der Waals surface area contributed by atoms with Crippen molar-refractivity contribution in [2.45, 2.75) is 40.0 Å². The Morgan fingerprint density at radius 3 is 1.75 bits per heavy atom. The number of alkyl halides is 2. The molecule has 0 bridgehead atoms. The molecule has 0 aliphatic heterocycles. The van der Waals surface area contributed by atoms with E-state index >= 15 is 0 Å². The van der Waals surface area contributed by atoms with Crippen LogP contribution >= 0.6 is 31.9 Å². The molecule has 0 aromatic heterocycles. The molecule has 0 fully saturated rings. The van der Waals surface area contributed by atoms with E-state index in [2.05, 4.69) is 52.6 Å². The normalized spacial score (nSPS) is 12.5. The average molecular weight is 300 g/mol. The molecule has 0 radical (unpaired) electrons. The number of rotatable bonds is 6. The van der Waals surface area contributed by atoms with E-state index < -0.39 is 0 Å². The van der Waals surface area contributed by atoms with Crippen LogP contribution in [0.2, 0.25) is 0 Å². The molecule has 0 aliphatic carbocycles. The molecule has 0 saturated heterocycles. The Hall–Kier alpha value is 0.960. The van der Waals surface area contributed by atoms with Crippen molar-refractivity contribution in [1.82, 2.24) is 0 Å². The topological polar surface area (TPSA) is 0 Å². The Balaban J connectivity index is 3.99. The van der Waals surface area contributed by atoms with E-state index in [9.17, 15) is 0 Å². The first-order chi connectivity index (χ1) is 5.61. The summed E-state index contributed by atoms with van der Waals surface area (Å²) >= 11 is 7.18. The second-order valence-electron chi connectivity index (χ2n) is 3.96. The van der Waals surface area contributed by atoms with Crippen LogP contribution in [-0.2, 0) is 0 Å². The van der Waals surface area contributed by atoms with Gasteiger partial charge in [0.25, 0.3) is 0 Å². The summed E-state index contributed by atoms with van der Waals surface area (Å²) in [6.07, 6.45) is 3.95. The first kappa shape index (κ1) is 13.0. The Morgan fingerprint density at radius 2 is 1.50 bits per heavy atom. The molecule has 0 saturated carbocycles. The zero-order valence-corrected chi connectivity index (χ0v) is 11.5. The van der Waals surface area contributed by atoms with E-state index in [0.29, 0.717) is 5.41 Å². The highest BCUT2D eigenvalue weighted by molar-refractivity contribution is 9.09. The Bertz CT molecular complexity index is 104. The van der Waals surface area contributed by atoms with Crippen LogP contribution in [0.4, 0.5) is 0 Å². The molecular weight excluding hydrogens is 280 g/mol. The van der Waals surface area contributed by atoms with E-state index in [-0.39, 0.29) is 0 Å². The molecule has 0 N–H and O–H groups in total. The number of halogens is 2. The van der Waals surface area contributed by atoms with Gasteiger partial charge in [-0.1, -0.05) is 65.5 Å². The van der Waals surface area contributed by atoms with Crippen molar-refractivity contribution in [3.05, 3.63) is 0 Å². The summed E-state index contributed by atoms with van der Waals surface area (Å²) in [5, 5.41) is 2.20. The highest BCUT2D eigenvalue weighted by Gasteiger charge is 2.24. The van der Waals surface area contributed by atoms with E-state index in [0.717, 1.165) is 16.6 Å². The van der Waals surface area contributed by atoms with Crippen molar-refractivity contribution in [1.29, 1.82) is 0 Å². The summed E-state index contributed by atoms with van der Waals surface area (Å²) in [6.45, 7) is 6.92. The van der Waals surface area contributed by atoms with Gasteiger partial charge in [-0.2, -0.15) is 0 Å². The second kappa shape index (κ2) is 6.42. The van der Waals surface area contributed by atoms with Crippen LogP contribution in [0.5, 0.6) is 0 Å². The summed E-state index contributed by atoms with van der Waals surface area (Å²) in [7, 11) is 0. The van der Waals surface area contributed by atoms with E-state index in [4.69, 9.17) is 0 Å². The monoisotopic (exact) mass is 298 g/mol. The number of hydrogen-bond acceptors (Lipinski definition) is 0. The first-order valence-electron chi connectivity index (χ1n) is 4.73. The molecule has 12 heavy (non-hydrogen) atoms. The van der Waals surface area contributed by atoms with Gasteiger partial charge in [-0.15, -0.1) is 0 Å². The summed E-state index contributed by atoms with van der Waals surface area (Å²) < 4.78 is 0. The third-order valence-corrected chi connectivity index (χ3v) is 5.29. The van der Waals surface area contributed by atoms with E-state index in [1.807, 2.05) is 0 Å². The van der Waals surface area contributed by atoms with Gasteiger partial charge in [-0.25, -0.2) is 0 Å². The standard InChI is InChI=1S/C10H20Br2/c1-4-9(5-2)6-10(3,7-11)8-12/h9H,4-8H2,1-3H3. The van der Waals surface area contributed by atoms with Crippen LogP contribution in [0, 0.1) is 11.3 Å². The van der Waals surface area contributed by atoms with Crippen molar-refractivity contribution in [2.24, 2.45) is 11.3 Å². The van der Waals surface area contributed by atoms with Crippen molar-refractivity contribution in [3.8, 4) is 0 Å². The lowest BCUT2D eigenvalue weighted by Gasteiger charge is -2.29. The summed E-state index contributed by atoms with van der Waals surface area (Å²) in [6, 6.07) is 0. The van der Waals surface area contributed by atoms with Crippen molar-refractivity contribution >= 4 is 31.9 Å². The quantitative estimate of drug-likeness (QED) is 0.628. The van der Waals surface area contributed by atoms with Gasteiger partial charge in [0.15, 0.2) is 0 Å². The Morgan fingerprint density at radius 1 is 1.08 bits per heavy atom. The zero-order chi connectivity index (χ0) is 9.61. The summed E-state index contributed by atoms with van der Waals surface area (Å²) in [5.41, 5.74) is 0.441. The molecule has 0 heterocycles. The van der Waals surface area contributed by atoms with Gasteiger partial charge >= 0.3 is 0 Å². The fourth-order valence-corrected chi connectivity index (χ4v) is 2.81. The lowest BCUT2D eigenvalue weighted by atomic mass is 9.82. The smallest absolute Gasteiger partial charge is 0.00934 e. The minimum atomic E-state index is 0.441. The van der Waals surface area contributed by atoms with Crippen LogP contribution < -0.4 is 0 Å². The van der Waals surface area contributed by atoms with Gasteiger partial charge in [0.2, 0.25) is 0 Å². The molecule has 0 rings (SSSR count). The average Bonchev–Trinajstić information content (AvgIpc) is 2.14. The maximum atomic E-state index is 3.59. The SMILES string of the molecule is CCC(CC)CC(C)(CBr)CBr. The summed E-state index contributed by atoms with van der Waals surface area (Å²) in [5.74, 6) is 0.894. The lowest BCUT2D eigenvalue weighted by Crippen LogP contribution is -2.23.